The van der Waals surface area contributed by atoms with E-state index in [-0.39, 0.29) is 34.0 Å². The molecule has 5 aliphatic carbocycles. The van der Waals surface area contributed by atoms with Crippen LogP contribution < -0.4 is 0 Å². The molecule has 0 spiro atoms. The molecule has 4 heterocycles. The first-order valence-corrected chi connectivity index (χ1v) is 26.4. The lowest BCUT2D eigenvalue weighted by Gasteiger charge is -2.71. The van der Waals surface area contributed by atoms with Gasteiger partial charge in [-0.15, -0.1) is 0 Å². The number of carbonyl (C=O) groups excluding carboxylic acids is 1. The molecule has 21 nitrogen and oxygen atoms in total. The molecule has 0 aromatic heterocycles. The Hall–Kier alpha value is -1.81. The Labute approximate surface area is 426 Å². The van der Waals surface area contributed by atoms with Gasteiger partial charge < -0.3 is 99.2 Å². The lowest BCUT2D eigenvalue weighted by atomic mass is 9.34. The smallest absolute Gasteiger partial charge is 0.315 e. The molecule has 4 saturated carbocycles. The topological polar surface area (TPSA) is 334 Å². The van der Waals surface area contributed by atoms with Crippen molar-refractivity contribution < 1.29 is 104 Å². The number of aliphatic hydroxyl groups is 12. The first-order chi connectivity index (χ1) is 34.3. The molecule has 4 saturated heterocycles. The maximum atomic E-state index is 14.6. The van der Waals surface area contributed by atoms with Crippen LogP contribution in [0.25, 0.3) is 0 Å². The number of allylic oxidation sites excluding steroid dienone is 3. The van der Waals surface area contributed by atoms with E-state index in [1.54, 1.807) is 0 Å². The molecule has 21 heteroatoms. The van der Waals surface area contributed by atoms with Crippen LogP contribution in [0.5, 0.6) is 0 Å². The van der Waals surface area contributed by atoms with Gasteiger partial charge in [0.05, 0.1) is 37.4 Å². The maximum Gasteiger partial charge on any atom is 0.315 e. The maximum absolute atomic E-state index is 14.6. The molecule has 27 atom stereocenters. The molecule has 9 rings (SSSR count). The van der Waals surface area contributed by atoms with Crippen LogP contribution in [-0.4, -0.2) is 210 Å². The molecule has 0 amide bonds. The summed E-state index contributed by atoms with van der Waals surface area (Å²) in [7, 11) is 0. The minimum Gasteiger partial charge on any atom is -0.432 e. The van der Waals surface area contributed by atoms with Gasteiger partial charge in [0.15, 0.2) is 18.9 Å². The average Bonchev–Trinajstić information content (AvgIpc) is 3.35. The zero-order valence-electron chi connectivity index (χ0n) is 42.8. The Balaban J connectivity index is 0.949. The third kappa shape index (κ3) is 9.02. The molecular weight excluding hydrogens is 961 g/mol. The number of rotatable bonds is 10. The molecule has 0 bridgehead atoms. The quantitative estimate of drug-likeness (QED) is 0.0721. The second-order valence-corrected chi connectivity index (χ2v) is 24.4. The van der Waals surface area contributed by atoms with E-state index >= 15 is 0 Å². The van der Waals surface area contributed by atoms with Gasteiger partial charge in [0.1, 0.15) is 85.5 Å². The van der Waals surface area contributed by atoms with Crippen molar-refractivity contribution in [1.29, 1.82) is 0 Å². The number of carbonyl (C=O) groups is 1. The summed E-state index contributed by atoms with van der Waals surface area (Å²) in [5.41, 5.74) is 0.0640. The van der Waals surface area contributed by atoms with Gasteiger partial charge in [-0.3, -0.25) is 4.79 Å². The highest BCUT2D eigenvalue weighted by molar-refractivity contribution is 5.79. The molecule has 8 fully saturated rings. The lowest BCUT2D eigenvalue weighted by Crippen LogP contribution is -2.67. The average molecular weight is 1040 g/mol. The van der Waals surface area contributed by atoms with Gasteiger partial charge in [0.2, 0.25) is 6.29 Å². The van der Waals surface area contributed by atoms with Crippen molar-refractivity contribution in [3.63, 3.8) is 0 Å². The molecule has 9 aliphatic rings. The summed E-state index contributed by atoms with van der Waals surface area (Å²) in [4.78, 5) is 14.6. The minimum absolute atomic E-state index is 0.117. The van der Waals surface area contributed by atoms with Gasteiger partial charge in [-0.1, -0.05) is 58.4 Å². The Bertz CT molecular complexity index is 2040. The summed E-state index contributed by atoms with van der Waals surface area (Å²) in [5.74, 6) is -0.436. The van der Waals surface area contributed by atoms with Crippen molar-refractivity contribution in [3.8, 4) is 0 Å². The third-order valence-electron chi connectivity index (χ3n) is 20.4. The number of hydrogen-bond acceptors (Lipinski definition) is 21. The van der Waals surface area contributed by atoms with E-state index in [1.165, 1.54) is 12.5 Å². The highest BCUT2D eigenvalue weighted by Gasteiger charge is 2.70. The van der Waals surface area contributed by atoms with Crippen LogP contribution in [0.15, 0.2) is 23.8 Å². The number of hydrogen-bond donors (Lipinski definition) is 12. The summed E-state index contributed by atoms with van der Waals surface area (Å²) < 4.78 is 48.3. The van der Waals surface area contributed by atoms with Gasteiger partial charge in [0.25, 0.3) is 0 Å². The number of aliphatic hydroxyl groups excluding tert-OH is 12. The zero-order valence-corrected chi connectivity index (χ0v) is 42.8. The van der Waals surface area contributed by atoms with Crippen molar-refractivity contribution in [1.82, 2.24) is 0 Å². The van der Waals surface area contributed by atoms with Crippen LogP contribution in [0.1, 0.15) is 106 Å². The highest BCUT2D eigenvalue weighted by atomic mass is 16.8. The fourth-order valence-electron chi connectivity index (χ4n) is 15.8. The molecule has 12 N–H and O–H groups in total. The van der Waals surface area contributed by atoms with Crippen molar-refractivity contribution in [2.24, 2.45) is 44.8 Å². The summed E-state index contributed by atoms with van der Waals surface area (Å²) in [6.07, 6.45) is -20.7. The normalized spacial score (nSPS) is 54.0. The van der Waals surface area contributed by atoms with Crippen LogP contribution in [0, 0.1) is 44.8 Å². The Morgan fingerprint density at radius 3 is 1.99 bits per heavy atom. The van der Waals surface area contributed by atoms with E-state index in [0.29, 0.717) is 38.5 Å². The predicted octanol–water partition coefficient (Wildman–Crippen LogP) is -0.839. The fraction of sp³-hybridized carbons (Fsp3) is 0.904. The van der Waals surface area contributed by atoms with Gasteiger partial charge in [-0.05, 0) is 105 Å². The van der Waals surface area contributed by atoms with E-state index in [1.807, 2.05) is 0 Å². The van der Waals surface area contributed by atoms with Crippen molar-refractivity contribution in [3.05, 3.63) is 23.8 Å². The standard InChI is InChI=1S/C52H82O21/c1-22-10-15-52(47(65)73-45-39(63)36(60)34(58)27(19-53)68-45)17-16-50(6)24(25(52)18-22)8-9-30-49(5)13-12-31(48(3,4)29(49)11-14-51(30,50)7)70-46-40(64)42(72-43-37(61)33(57)26(55)21-66-43)41(28(20-54)69-46)71-44-38(62)35(59)32(56)23(2)67-44/h8,23,25-46,53-64H,1,9-21H2,2-7H3/t23-,25+,26-,27+,28+,29+,30+,31-,32-,33-,34+,35+,36-,37+,38+,39+,40+,41+,42+,43-,44-,45-,46-,49-,50+,51+,52-/m0/s1. The van der Waals surface area contributed by atoms with Crippen molar-refractivity contribution in [2.45, 2.75) is 229 Å². The molecule has 0 radical (unpaired) electrons. The zero-order chi connectivity index (χ0) is 53.1. The summed E-state index contributed by atoms with van der Waals surface area (Å²) >= 11 is 0. The highest BCUT2D eigenvalue weighted by Crippen LogP contribution is 2.75. The molecule has 0 unspecified atom stereocenters. The molecule has 4 aliphatic heterocycles. The summed E-state index contributed by atoms with van der Waals surface area (Å²) in [5, 5.41) is 128. The lowest BCUT2D eigenvalue weighted by molar-refractivity contribution is -0.388. The van der Waals surface area contributed by atoms with E-state index in [9.17, 15) is 66.1 Å². The Kier molecular flexibility index (Phi) is 15.7. The molecular formula is C52H82O21. The second kappa shape index (κ2) is 20.4. The first kappa shape index (κ1) is 55.9. The van der Waals surface area contributed by atoms with Gasteiger partial charge in [-0.25, -0.2) is 0 Å². The van der Waals surface area contributed by atoms with Crippen LogP contribution in [0.3, 0.4) is 0 Å². The monoisotopic (exact) mass is 1040 g/mol. The summed E-state index contributed by atoms with van der Waals surface area (Å²) in [6, 6.07) is 0. The third-order valence-corrected chi connectivity index (χ3v) is 20.4. The molecule has 73 heavy (non-hydrogen) atoms. The van der Waals surface area contributed by atoms with Crippen molar-refractivity contribution >= 4 is 5.97 Å². The first-order valence-electron chi connectivity index (χ1n) is 26.4. The minimum atomic E-state index is -1.78. The molecule has 416 valence electrons. The van der Waals surface area contributed by atoms with Crippen LogP contribution in [0.2, 0.25) is 0 Å². The van der Waals surface area contributed by atoms with Crippen LogP contribution >= 0.6 is 0 Å². The van der Waals surface area contributed by atoms with E-state index in [0.717, 1.165) is 31.3 Å². The summed E-state index contributed by atoms with van der Waals surface area (Å²) in [6.45, 7) is 15.5. The predicted molar refractivity (Wildman–Crippen MR) is 251 cm³/mol. The number of esters is 1. The number of ether oxygens (including phenoxy) is 8. The molecule has 0 aromatic carbocycles. The van der Waals surface area contributed by atoms with Crippen molar-refractivity contribution in [2.75, 3.05) is 19.8 Å². The SMILES string of the molecule is C=C1CC[C@]2(C(=O)O[C@@H]3O[C@H](CO)[C@@H](O)[C@H](O)[C@H]3O)CC[C@]3(C)C(=CC[C@@H]4[C@@]5(C)CC[C@H](O[C@@H]6O[C@H](CO)[C@@H](O[C@@H]7O[C@@H](C)[C@H](O)[C@@H](O)[C@H]7O)[C@H](O[C@@H]7OC[C@H](O)[C@H](O)[C@H]7O)[C@H]6O)C(C)(C)[C@H]5CC[C@]43C)[C@H]2C1. The van der Waals surface area contributed by atoms with Crippen LogP contribution in [0.4, 0.5) is 0 Å². The van der Waals surface area contributed by atoms with E-state index in [2.05, 4.69) is 47.3 Å². The number of fused-ring (bicyclic) bond motifs is 7. The fourth-order valence-corrected chi connectivity index (χ4v) is 15.8. The van der Waals surface area contributed by atoms with E-state index in [4.69, 9.17) is 37.9 Å². The Morgan fingerprint density at radius 1 is 0.658 bits per heavy atom. The van der Waals surface area contributed by atoms with Gasteiger partial charge in [0, 0.05) is 5.92 Å². The van der Waals surface area contributed by atoms with E-state index < -0.39 is 159 Å². The molecule has 0 aromatic rings. The Morgan fingerprint density at radius 2 is 1.29 bits per heavy atom. The van der Waals surface area contributed by atoms with Gasteiger partial charge in [-0.2, -0.15) is 0 Å². The van der Waals surface area contributed by atoms with Crippen LogP contribution in [-0.2, 0) is 42.7 Å². The largest absolute Gasteiger partial charge is 0.432 e. The second-order valence-electron chi connectivity index (χ2n) is 24.4. The van der Waals surface area contributed by atoms with Gasteiger partial charge >= 0.3 is 5.97 Å².